The van der Waals surface area contributed by atoms with E-state index in [1.54, 1.807) is 0 Å². The van der Waals surface area contributed by atoms with Crippen LogP contribution in [0.3, 0.4) is 0 Å². The quantitative estimate of drug-likeness (QED) is 0.873. The van der Waals surface area contributed by atoms with Crippen LogP contribution in [-0.4, -0.2) is 49.3 Å². The lowest BCUT2D eigenvalue weighted by Crippen LogP contribution is -2.41. The van der Waals surface area contributed by atoms with E-state index in [1.807, 2.05) is 24.3 Å². The number of likely N-dealkylation sites (N-methyl/N-ethyl adjacent to an activating group) is 1. The summed E-state index contributed by atoms with van der Waals surface area (Å²) in [6.07, 6.45) is 1.10. The Morgan fingerprint density at radius 1 is 1.35 bits per heavy atom. The van der Waals surface area contributed by atoms with Gasteiger partial charge in [-0.15, -0.1) is 0 Å². The van der Waals surface area contributed by atoms with Crippen molar-refractivity contribution in [3.63, 3.8) is 0 Å². The second-order valence-electron chi connectivity index (χ2n) is 4.57. The van der Waals surface area contributed by atoms with Gasteiger partial charge in [-0.25, -0.2) is 0 Å². The second-order valence-corrected chi connectivity index (χ2v) is 4.98. The molecular formula is C13H19ClN2O. The smallest absolute Gasteiger partial charge is 0.0639 e. The van der Waals surface area contributed by atoms with E-state index in [0.29, 0.717) is 0 Å². The summed E-state index contributed by atoms with van der Waals surface area (Å²) in [5.41, 5.74) is 1.07. The van der Waals surface area contributed by atoms with E-state index in [1.165, 1.54) is 0 Å². The first kappa shape index (κ1) is 12.7. The molecule has 0 aromatic heterocycles. The lowest BCUT2D eigenvalue weighted by Gasteiger charge is -2.29. The van der Waals surface area contributed by atoms with Crippen molar-refractivity contribution < 1.29 is 5.11 Å². The minimum Gasteiger partial charge on any atom is -0.395 e. The Morgan fingerprint density at radius 3 is 2.82 bits per heavy atom. The molecule has 0 spiro atoms. The lowest BCUT2D eigenvalue weighted by molar-refractivity contribution is 0.159. The monoisotopic (exact) mass is 254 g/mol. The molecule has 1 N–H and O–H groups in total. The fraction of sp³-hybridized carbons (Fsp3) is 0.538. The molecule has 1 aromatic rings. The van der Waals surface area contributed by atoms with Crippen LogP contribution in [0.1, 0.15) is 6.42 Å². The summed E-state index contributed by atoms with van der Waals surface area (Å²) in [6.45, 7) is 3.03. The number of rotatable bonds is 2. The Bertz CT molecular complexity index is 372. The van der Waals surface area contributed by atoms with Crippen LogP contribution >= 0.6 is 11.6 Å². The molecule has 1 saturated heterocycles. The molecule has 1 aliphatic heterocycles. The number of halogens is 1. The zero-order valence-corrected chi connectivity index (χ0v) is 10.9. The fourth-order valence-corrected chi connectivity index (χ4v) is 2.56. The highest BCUT2D eigenvalue weighted by atomic mass is 35.5. The summed E-state index contributed by atoms with van der Waals surface area (Å²) in [6, 6.07) is 8.10. The summed E-state index contributed by atoms with van der Waals surface area (Å²) in [5.74, 6) is 0. The second kappa shape index (κ2) is 5.71. The lowest BCUT2D eigenvalue weighted by atomic mass is 10.2. The number of nitrogens with zero attached hydrogens (tertiary/aromatic N) is 2. The molecule has 1 fully saturated rings. The van der Waals surface area contributed by atoms with Crippen LogP contribution in [0.4, 0.5) is 5.69 Å². The Morgan fingerprint density at radius 2 is 2.12 bits per heavy atom. The van der Waals surface area contributed by atoms with Gasteiger partial charge in [0.05, 0.1) is 17.3 Å². The maximum Gasteiger partial charge on any atom is 0.0639 e. The standard InChI is InChI=1S/C13H19ClN2O/c1-15-7-4-8-16(9-11(15)10-17)13-6-3-2-5-12(13)14/h2-3,5-6,11,17H,4,7-10H2,1H3. The Balaban J connectivity index is 2.18. The largest absolute Gasteiger partial charge is 0.395 e. The van der Waals surface area contributed by atoms with Crippen LogP contribution in [0.2, 0.25) is 5.02 Å². The zero-order valence-electron chi connectivity index (χ0n) is 10.1. The minimum atomic E-state index is 0.189. The van der Waals surface area contributed by atoms with Gasteiger partial charge < -0.3 is 10.0 Å². The van der Waals surface area contributed by atoms with E-state index in [9.17, 15) is 5.11 Å². The summed E-state index contributed by atoms with van der Waals surface area (Å²) in [7, 11) is 2.07. The SMILES string of the molecule is CN1CCCN(c2ccccc2Cl)CC1CO. The molecule has 94 valence electrons. The molecule has 1 aromatic carbocycles. The van der Waals surface area contributed by atoms with Gasteiger partial charge in [0.1, 0.15) is 0 Å². The van der Waals surface area contributed by atoms with Crippen LogP contribution in [0.15, 0.2) is 24.3 Å². The van der Waals surface area contributed by atoms with Crippen molar-refractivity contribution >= 4 is 17.3 Å². The molecule has 4 heteroatoms. The number of hydrogen-bond acceptors (Lipinski definition) is 3. The highest BCUT2D eigenvalue weighted by Gasteiger charge is 2.22. The number of anilines is 1. The van der Waals surface area contributed by atoms with Crippen LogP contribution in [-0.2, 0) is 0 Å². The van der Waals surface area contributed by atoms with E-state index in [4.69, 9.17) is 11.6 Å². The summed E-state index contributed by atoms with van der Waals surface area (Å²) < 4.78 is 0. The molecule has 1 heterocycles. The predicted molar refractivity (Wildman–Crippen MR) is 71.8 cm³/mol. The third-order valence-electron chi connectivity index (χ3n) is 3.40. The highest BCUT2D eigenvalue weighted by Crippen LogP contribution is 2.26. The normalized spacial score (nSPS) is 22.5. The van der Waals surface area contributed by atoms with Gasteiger partial charge in [-0.05, 0) is 32.1 Å². The number of benzene rings is 1. The maximum absolute atomic E-state index is 9.42. The predicted octanol–water partition coefficient (Wildman–Crippen LogP) is 1.84. The van der Waals surface area contributed by atoms with Crippen molar-refractivity contribution in [2.45, 2.75) is 12.5 Å². The van der Waals surface area contributed by atoms with Crippen LogP contribution < -0.4 is 4.90 Å². The molecule has 0 bridgehead atoms. The van der Waals surface area contributed by atoms with Crippen molar-refractivity contribution in [1.82, 2.24) is 4.90 Å². The Kier molecular flexibility index (Phi) is 4.26. The summed E-state index contributed by atoms with van der Waals surface area (Å²) >= 11 is 6.22. The molecule has 3 nitrogen and oxygen atoms in total. The van der Waals surface area contributed by atoms with Gasteiger partial charge in [-0.2, -0.15) is 0 Å². The van der Waals surface area contributed by atoms with E-state index in [2.05, 4.69) is 16.8 Å². The van der Waals surface area contributed by atoms with Crippen molar-refractivity contribution in [3.8, 4) is 0 Å². The van der Waals surface area contributed by atoms with Crippen LogP contribution in [0, 0.1) is 0 Å². The van der Waals surface area contributed by atoms with Gasteiger partial charge in [-0.1, -0.05) is 23.7 Å². The molecule has 1 aliphatic rings. The number of aliphatic hydroxyl groups is 1. The van der Waals surface area contributed by atoms with E-state index >= 15 is 0 Å². The molecule has 0 saturated carbocycles. The van der Waals surface area contributed by atoms with Gasteiger partial charge in [0, 0.05) is 19.1 Å². The number of para-hydroxylation sites is 1. The molecule has 0 aliphatic carbocycles. The number of hydrogen-bond donors (Lipinski definition) is 1. The molecule has 1 unspecified atom stereocenters. The van der Waals surface area contributed by atoms with Crippen LogP contribution in [0.5, 0.6) is 0 Å². The maximum atomic E-state index is 9.42. The first-order valence-corrected chi connectivity index (χ1v) is 6.40. The molecule has 1 atom stereocenters. The minimum absolute atomic E-state index is 0.189. The number of aliphatic hydroxyl groups excluding tert-OH is 1. The highest BCUT2D eigenvalue weighted by molar-refractivity contribution is 6.33. The van der Waals surface area contributed by atoms with Gasteiger partial charge in [0.25, 0.3) is 0 Å². The van der Waals surface area contributed by atoms with Gasteiger partial charge >= 0.3 is 0 Å². The fourth-order valence-electron chi connectivity index (χ4n) is 2.30. The Labute approximate surface area is 108 Å². The topological polar surface area (TPSA) is 26.7 Å². The van der Waals surface area contributed by atoms with E-state index in [-0.39, 0.29) is 12.6 Å². The molecular weight excluding hydrogens is 236 g/mol. The average Bonchev–Trinajstić information content (AvgIpc) is 2.51. The van der Waals surface area contributed by atoms with Crippen molar-refractivity contribution in [2.24, 2.45) is 0 Å². The van der Waals surface area contributed by atoms with E-state index in [0.717, 1.165) is 36.8 Å². The zero-order chi connectivity index (χ0) is 12.3. The third kappa shape index (κ3) is 2.92. The van der Waals surface area contributed by atoms with Crippen molar-refractivity contribution in [2.75, 3.05) is 38.2 Å². The molecule has 17 heavy (non-hydrogen) atoms. The molecule has 0 radical (unpaired) electrons. The van der Waals surface area contributed by atoms with Gasteiger partial charge in [0.2, 0.25) is 0 Å². The third-order valence-corrected chi connectivity index (χ3v) is 3.72. The first-order chi connectivity index (χ1) is 8.22. The molecule has 2 rings (SSSR count). The summed E-state index contributed by atoms with van der Waals surface area (Å²) in [5, 5.41) is 10.2. The Hall–Kier alpha value is -0.770. The van der Waals surface area contributed by atoms with E-state index < -0.39 is 0 Å². The molecule has 0 amide bonds. The van der Waals surface area contributed by atoms with Gasteiger partial charge in [-0.3, -0.25) is 4.90 Å². The van der Waals surface area contributed by atoms with Crippen molar-refractivity contribution in [3.05, 3.63) is 29.3 Å². The summed E-state index contributed by atoms with van der Waals surface area (Å²) in [4.78, 5) is 4.49. The van der Waals surface area contributed by atoms with Gasteiger partial charge in [0.15, 0.2) is 0 Å². The van der Waals surface area contributed by atoms with Crippen molar-refractivity contribution in [1.29, 1.82) is 0 Å². The average molecular weight is 255 g/mol. The first-order valence-electron chi connectivity index (χ1n) is 6.03. The van der Waals surface area contributed by atoms with Crippen LogP contribution in [0.25, 0.3) is 0 Å².